The Balaban J connectivity index is 1.75. The summed E-state index contributed by atoms with van der Waals surface area (Å²) in [5.41, 5.74) is 0. The van der Waals surface area contributed by atoms with Gasteiger partial charge in [-0.1, -0.05) is 0 Å². The highest BCUT2D eigenvalue weighted by Gasteiger charge is 2.23. The first-order valence-corrected chi connectivity index (χ1v) is 6.65. The number of hydrogen-bond donors (Lipinski definition) is 0. The summed E-state index contributed by atoms with van der Waals surface area (Å²) in [5.74, 6) is 1.46. The summed E-state index contributed by atoms with van der Waals surface area (Å²) in [6.07, 6.45) is 3.85. The van der Waals surface area contributed by atoms with Crippen molar-refractivity contribution in [3.63, 3.8) is 0 Å². The van der Waals surface area contributed by atoms with Gasteiger partial charge in [0, 0.05) is 17.2 Å². The van der Waals surface area contributed by atoms with Crippen molar-refractivity contribution in [2.75, 3.05) is 5.75 Å². The minimum Gasteiger partial charge on any atom is -0.299 e. The molecule has 86 valence electrons. The van der Waals surface area contributed by atoms with Gasteiger partial charge in [-0.2, -0.15) is 0 Å². The van der Waals surface area contributed by atoms with Gasteiger partial charge in [0.05, 0.1) is 0 Å². The molecule has 1 unspecified atom stereocenters. The third-order valence-corrected chi connectivity index (χ3v) is 4.03. The third kappa shape index (κ3) is 3.08. The molecule has 2 rings (SSSR count). The lowest BCUT2D eigenvalue weighted by Crippen LogP contribution is -2.06. The molecule has 3 heteroatoms. The van der Waals surface area contributed by atoms with Crippen molar-refractivity contribution in [2.45, 2.75) is 30.6 Å². The Morgan fingerprint density at radius 1 is 1.31 bits per heavy atom. The number of carbonyl (C=O) groups excluding carboxylic acids is 1. The molecule has 1 atom stereocenters. The van der Waals surface area contributed by atoms with Crippen LogP contribution in [-0.4, -0.2) is 11.5 Å². The highest BCUT2D eigenvalue weighted by Crippen LogP contribution is 2.27. The lowest BCUT2D eigenvalue weighted by Gasteiger charge is -2.06. The van der Waals surface area contributed by atoms with E-state index in [0.717, 1.165) is 36.3 Å². The molecular weight excluding hydrogens is 223 g/mol. The monoisotopic (exact) mass is 238 g/mol. The molecule has 0 heterocycles. The van der Waals surface area contributed by atoms with Gasteiger partial charge in [0.2, 0.25) is 0 Å². The van der Waals surface area contributed by atoms with Crippen LogP contribution in [0, 0.1) is 11.7 Å². The lowest BCUT2D eigenvalue weighted by atomic mass is 10.1. The molecule has 0 N–H and O–H groups in total. The fraction of sp³-hybridized carbons (Fsp3) is 0.462. The van der Waals surface area contributed by atoms with E-state index >= 15 is 0 Å². The smallest absolute Gasteiger partial charge is 0.136 e. The summed E-state index contributed by atoms with van der Waals surface area (Å²) < 4.78 is 12.7. The van der Waals surface area contributed by atoms with E-state index in [1.165, 1.54) is 12.1 Å². The van der Waals surface area contributed by atoms with E-state index in [1.807, 2.05) is 0 Å². The summed E-state index contributed by atoms with van der Waals surface area (Å²) in [7, 11) is 0. The van der Waals surface area contributed by atoms with Crippen molar-refractivity contribution in [1.29, 1.82) is 0 Å². The predicted molar refractivity (Wildman–Crippen MR) is 64.1 cm³/mol. The lowest BCUT2D eigenvalue weighted by molar-refractivity contribution is -0.120. The average molecular weight is 238 g/mol. The predicted octanol–water partition coefficient (Wildman–Crippen LogP) is 3.68. The summed E-state index contributed by atoms with van der Waals surface area (Å²) >= 11 is 1.70. The van der Waals surface area contributed by atoms with E-state index in [2.05, 4.69) is 0 Å². The van der Waals surface area contributed by atoms with Crippen LogP contribution in [0.5, 0.6) is 0 Å². The highest BCUT2D eigenvalue weighted by atomic mass is 32.2. The summed E-state index contributed by atoms with van der Waals surface area (Å²) in [5, 5.41) is 0. The van der Waals surface area contributed by atoms with Crippen LogP contribution < -0.4 is 0 Å². The zero-order chi connectivity index (χ0) is 11.4. The Labute approximate surface area is 99.4 Å². The summed E-state index contributed by atoms with van der Waals surface area (Å²) in [4.78, 5) is 12.5. The summed E-state index contributed by atoms with van der Waals surface area (Å²) in [6, 6.07) is 6.53. The Kier molecular flexibility index (Phi) is 3.99. The van der Waals surface area contributed by atoms with Gasteiger partial charge >= 0.3 is 0 Å². The van der Waals surface area contributed by atoms with Gasteiger partial charge in [-0.15, -0.1) is 11.8 Å². The molecule has 0 radical (unpaired) electrons. The summed E-state index contributed by atoms with van der Waals surface area (Å²) in [6.45, 7) is 0. The Bertz CT molecular complexity index is 361. The fourth-order valence-electron chi connectivity index (χ4n) is 2.04. The molecule has 1 aliphatic rings. The molecule has 0 bridgehead atoms. The fourth-order valence-corrected chi connectivity index (χ4v) is 3.01. The van der Waals surface area contributed by atoms with Gasteiger partial charge in [0.15, 0.2) is 0 Å². The SMILES string of the molecule is O=C1CCCC1CCSc1ccc(F)cc1. The number of carbonyl (C=O) groups is 1. The third-order valence-electron chi connectivity index (χ3n) is 2.98. The molecule has 0 aromatic heterocycles. The van der Waals surface area contributed by atoms with Gasteiger partial charge in [0.1, 0.15) is 11.6 Å². The van der Waals surface area contributed by atoms with Gasteiger partial charge in [-0.05, 0) is 49.3 Å². The molecule has 0 aliphatic heterocycles. The van der Waals surface area contributed by atoms with Crippen LogP contribution in [0.15, 0.2) is 29.2 Å². The molecule has 16 heavy (non-hydrogen) atoms. The minimum absolute atomic E-state index is 0.199. The number of thioether (sulfide) groups is 1. The van der Waals surface area contributed by atoms with Crippen LogP contribution in [0.1, 0.15) is 25.7 Å². The standard InChI is InChI=1S/C13H15FOS/c14-11-4-6-12(7-5-11)16-9-8-10-2-1-3-13(10)15/h4-7,10H,1-3,8-9H2. The molecule has 0 spiro atoms. The molecule has 1 saturated carbocycles. The quantitative estimate of drug-likeness (QED) is 0.744. The largest absolute Gasteiger partial charge is 0.299 e. The first-order valence-electron chi connectivity index (χ1n) is 5.67. The van der Waals surface area contributed by atoms with Crippen LogP contribution in [0.4, 0.5) is 4.39 Å². The number of benzene rings is 1. The minimum atomic E-state index is -0.199. The maximum Gasteiger partial charge on any atom is 0.136 e. The Morgan fingerprint density at radius 3 is 2.69 bits per heavy atom. The van der Waals surface area contributed by atoms with Gasteiger partial charge in [-0.3, -0.25) is 4.79 Å². The van der Waals surface area contributed by atoms with Crippen molar-refractivity contribution < 1.29 is 9.18 Å². The zero-order valence-electron chi connectivity index (χ0n) is 9.12. The Morgan fingerprint density at radius 2 is 2.06 bits per heavy atom. The van der Waals surface area contributed by atoms with Crippen molar-refractivity contribution in [3.8, 4) is 0 Å². The van der Waals surface area contributed by atoms with Crippen molar-refractivity contribution >= 4 is 17.5 Å². The van der Waals surface area contributed by atoms with Crippen molar-refractivity contribution in [2.24, 2.45) is 5.92 Å². The molecule has 0 amide bonds. The number of ketones is 1. The van der Waals surface area contributed by atoms with Gasteiger partial charge in [0.25, 0.3) is 0 Å². The molecule has 1 nitrogen and oxygen atoms in total. The van der Waals surface area contributed by atoms with E-state index < -0.39 is 0 Å². The number of rotatable bonds is 4. The van der Waals surface area contributed by atoms with Gasteiger partial charge < -0.3 is 0 Å². The first-order chi connectivity index (χ1) is 7.75. The molecule has 0 saturated heterocycles. The number of halogens is 1. The second-order valence-electron chi connectivity index (χ2n) is 4.15. The first kappa shape index (κ1) is 11.6. The number of hydrogen-bond acceptors (Lipinski definition) is 2. The molecule has 1 aliphatic carbocycles. The van der Waals surface area contributed by atoms with E-state index in [0.29, 0.717) is 5.78 Å². The van der Waals surface area contributed by atoms with Crippen LogP contribution in [0.2, 0.25) is 0 Å². The van der Waals surface area contributed by atoms with Crippen LogP contribution in [0.3, 0.4) is 0 Å². The second-order valence-corrected chi connectivity index (χ2v) is 5.31. The van der Waals surface area contributed by atoms with Crippen LogP contribution >= 0.6 is 11.8 Å². The molecular formula is C13H15FOS. The van der Waals surface area contributed by atoms with E-state index in [1.54, 1.807) is 23.9 Å². The zero-order valence-corrected chi connectivity index (χ0v) is 9.93. The molecule has 1 fully saturated rings. The van der Waals surface area contributed by atoms with Crippen LogP contribution in [-0.2, 0) is 4.79 Å². The second kappa shape index (κ2) is 5.48. The van der Waals surface area contributed by atoms with Crippen molar-refractivity contribution in [3.05, 3.63) is 30.1 Å². The molecule has 1 aromatic rings. The van der Waals surface area contributed by atoms with Gasteiger partial charge in [-0.25, -0.2) is 4.39 Å². The maximum atomic E-state index is 12.7. The number of Topliss-reactive ketones (excluding diaryl/α,β-unsaturated/α-hetero) is 1. The van der Waals surface area contributed by atoms with Crippen LogP contribution in [0.25, 0.3) is 0 Å². The maximum absolute atomic E-state index is 12.7. The Hall–Kier alpha value is -0.830. The normalized spacial score (nSPS) is 20.3. The highest BCUT2D eigenvalue weighted by molar-refractivity contribution is 7.99. The van der Waals surface area contributed by atoms with E-state index in [4.69, 9.17) is 0 Å². The van der Waals surface area contributed by atoms with Crippen molar-refractivity contribution in [1.82, 2.24) is 0 Å². The topological polar surface area (TPSA) is 17.1 Å². The van der Waals surface area contributed by atoms with E-state index in [-0.39, 0.29) is 11.7 Å². The average Bonchev–Trinajstić information content (AvgIpc) is 2.68. The molecule has 1 aromatic carbocycles. The van der Waals surface area contributed by atoms with E-state index in [9.17, 15) is 9.18 Å².